The first-order valence-corrected chi connectivity index (χ1v) is 5.15. The first kappa shape index (κ1) is 9.78. The molecule has 0 radical (unpaired) electrons. The molecule has 68 valence electrons. The highest BCUT2D eigenvalue weighted by atomic mass is 79.9. The molecule has 0 spiro atoms. The Hall–Kier alpha value is -0.310. The molecule has 0 aromatic carbocycles. The number of aliphatic imine (C=N–C) groups is 1. The summed E-state index contributed by atoms with van der Waals surface area (Å²) in [7, 11) is 0. The lowest BCUT2D eigenvalue weighted by molar-refractivity contribution is 0.198. The summed E-state index contributed by atoms with van der Waals surface area (Å²) in [4.78, 5) is 4.19. The van der Waals surface area contributed by atoms with Gasteiger partial charge in [0.1, 0.15) is 10.4 Å². The van der Waals surface area contributed by atoms with Crippen LogP contribution in [-0.2, 0) is 4.74 Å². The van der Waals surface area contributed by atoms with Gasteiger partial charge in [0.05, 0.1) is 6.61 Å². The average molecular weight is 232 g/mol. The lowest BCUT2D eigenvalue weighted by Crippen LogP contribution is -2.03. The van der Waals surface area contributed by atoms with Crippen LogP contribution in [0.15, 0.2) is 16.8 Å². The molecule has 0 fully saturated rings. The fourth-order valence-corrected chi connectivity index (χ4v) is 1.42. The second-order valence-corrected chi connectivity index (χ2v) is 3.58. The molecular weight excluding hydrogens is 218 g/mol. The molecule has 0 unspecified atom stereocenters. The maximum absolute atomic E-state index is 5.54. The summed E-state index contributed by atoms with van der Waals surface area (Å²) in [6.45, 7) is 3.84. The summed E-state index contributed by atoms with van der Waals surface area (Å²) in [5.74, 6) is 1.06. The number of allylic oxidation sites excluding steroid dienone is 1. The maximum Gasteiger partial charge on any atom is 0.103 e. The number of rotatable bonds is 4. The maximum atomic E-state index is 5.54. The van der Waals surface area contributed by atoms with Gasteiger partial charge in [0.15, 0.2) is 0 Å². The fraction of sp³-hybridized carbons (Fsp3) is 0.667. The zero-order chi connectivity index (χ0) is 8.81. The van der Waals surface area contributed by atoms with Crippen LogP contribution in [0.1, 0.15) is 26.2 Å². The lowest BCUT2D eigenvalue weighted by Gasteiger charge is -2.11. The number of dihydropyridines is 1. The SMILES string of the molecule is CCCCOC1=CC(Br)=NCC1. The summed E-state index contributed by atoms with van der Waals surface area (Å²) in [6, 6.07) is 0. The number of unbranched alkanes of at least 4 members (excludes halogenated alkanes) is 1. The van der Waals surface area contributed by atoms with Gasteiger partial charge >= 0.3 is 0 Å². The topological polar surface area (TPSA) is 21.6 Å². The van der Waals surface area contributed by atoms with Gasteiger partial charge < -0.3 is 4.74 Å². The van der Waals surface area contributed by atoms with Crippen molar-refractivity contribution < 1.29 is 4.74 Å². The molecule has 0 aliphatic carbocycles. The van der Waals surface area contributed by atoms with Crippen molar-refractivity contribution >= 4 is 20.6 Å². The molecule has 1 aliphatic rings. The zero-order valence-electron chi connectivity index (χ0n) is 7.35. The highest BCUT2D eigenvalue weighted by Gasteiger charge is 2.04. The van der Waals surface area contributed by atoms with Crippen LogP contribution in [0.3, 0.4) is 0 Å². The van der Waals surface area contributed by atoms with Crippen LogP contribution in [-0.4, -0.2) is 17.8 Å². The van der Waals surface area contributed by atoms with Crippen molar-refractivity contribution in [1.29, 1.82) is 0 Å². The molecule has 2 nitrogen and oxygen atoms in total. The van der Waals surface area contributed by atoms with Crippen molar-refractivity contribution in [2.45, 2.75) is 26.2 Å². The quantitative estimate of drug-likeness (QED) is 0.683. The van der Waals surface area contributed by atoms with E-state index in [9.17, 15) is 0 Å². The molecule has 3 heteroatoms. The molecule has 0 aromatic heterocycles. The Balaban J connectivity index is 2.27. The number of nitrogens with zero attached hydrogens (tertiary/aromatic N) is 1. The third-order valence-electron chi connectivity index (χ3n) is 1.69. The molecule has 1 rings (SSSR count). The van der Waals surface area contributed by atoms with Crippen LogP contribution in [0.4, 0.5) is 0 Å². The van der Waals surface area contributed by atoms with Gasteiger partial charge in [0, 0.05) is 19.0 Å². The predicted octanol–water partition coefficient (Wildman–Crippen LogP) is 2.88. The van der Waals surface area contributed by atoms with Crippen LogP contribution in [0.5, 0.6) is 0 Å². The summed E-state index contributed by atoms with van der Waals surface area (Å²) in [6.07, 6.45) is 5.21. The van der Waals surface area contributed by atoms with Gasteiger partial charge in [-0.25, -0.2) is 0 Å². The molecule has 1 aliphatic heterocycles. The first-order valence-electron chi connectivity index (χ1n) is 4.36. The normalized spacial score (nSPS) is 16.8. The second-order valence-electron chi connectivity index (χ2n) is 2.77. The highest BCUT2D eigenvalue weighted by molar-refractivity contribution is 9.18. The number of ether oxygens (including phenoxy) is 1. The third kappa shape index (κ3) is 3.39. The summed E-state index contributed by atoms with van der Waals surface area (Å²) in [5, 5.41) is 0. The van der Waals surface area contributed by atoms with Gasteiger partial charge in [-0.15, -0.1) is 0 Å². The van der Waals surface area contributed by atoms with Gasteiger partial charge in [-0.1, -0.05) is 13.3 Å². The van der Waals surface area contributed by atoms with Crippen molar-refractivity contribution in [3.63, 3.8) is 0 Å². The fourth-order valence-electron chi connectivity index (χ4n) is 0.985. The summed E-state index contributed by atoms with van der Waals surface area (Å²) >= 11 is 3.33. The molecule has 0 atom stereocenters. The van der Waals surface area contributed by atoms with Crippen LogP contribution in [0.25, 0.3) is 0 Å². The van der Waals surface area contributed by atoms with Gasteiger partial charge in [-0.2, -0.15) is 0 Å². The second kappa shape index (κ2) is 5.36. The Bertz CT molecular complexity index is 199. The van der Waals surface area contributed by atoms with Crippen molar-refractivity contribution in [1.82, 2.24) is 0 Å². The van der Waals surface area contributed by atoms with Crippen LogP contribution >= 0.6 is 15.9 Å². The number of hydrogen-bond donors (Lipinski definition) is 0. The Morgan fingerprint density at radius 1 is 1.67 bits per heavy atom. The standard InChI is InChI=1S/C9H14BrNO/c1-2-3-6-12-8-4-5-11-9(10)7-8/h7H,2-6H2,1H3. The van der Waals surface area contributed by atoms with Crippen LogP contribution in [0, 0.1) is 0 Å². The van der Waals surface area contributed by atoms with E-state index in [4.69, 9.17) is 4.74 Å². The van der Waals surface area contributed by atoms with E-state index in [-0.39, 0.29) is 0 Å². The molecular formula is C9H14BrNO. The molecule has 0 aromatic rings. The molecule has 1 heterocycles. The van der Waals surface area contributed by atoms with Gasteiger partial charge in [-0.05, 0) is 22.4 Å². The van der Waals surface area contributed by atoms with Crippen molar-refractivity contribution in [3.05, 3.63) is 11.8 Å². The Morgan fingerprint density at radius 2 is 2.50 bits per heavy atom. The Labute approximate surface area is 81.8 Å². The van der Waals surface area contributed by atoms with Crippen LogP contribution in [0.2, 0.25) is 0 Å². The van der Waals surface area contributed by atoms with Gasteiger partial charge in [0.2, 0.25) is 0 Å². The summed E-state index contributed by atoms with van der Waals surface area (Å²) < 4.78 is 6.45. The number of hydrogen-bond acceptors (Lipinski definition) is 2. The first-order chi connectivity index (χ1) is 5.83. The van der Waals surface area contributed by atoms with E-state index in [0.717, 1.165) is 36.4 Å². The minimum absolute atomic E-state index is 0.836. The Morgan fingerprint density at radius 3 is 3.17 bits per heavy atom. The molecule has 0 amide bonds. The van der Waals surface area contributed by atoms with E-state index in [0.29, 0.717) is 0 Å². The minimum atomic E-state index is 0.836. The molecule has 0 saturated carbocycles. The summed E-state index contributed by atoms with van der Waals surface area (Å²) in [5.41, 5.74) is 0. The van der Waals surface area contributed by atoms with Gasteiger partial charge in [-0.3, -0.25) is 4.99 Å². The highest BCUT2D eigenvalue weighted by Crippen LogP contribution is 2.12. The monoisotopic (exact) mass is 231 g/mol. The van der Waals surface area contributed by atoms with E-state index < -0.39 is 0 Å². The molecule has 0 saturated heterocycles. The van der Waals surface area contributed by atoms with E-state index in [1.54, 1.807) is 0 Å². The molecule has 0 bridgehead atoms. The van der Waals surface area contributed by atoms with E-state index in [2.05, 4.69) is 27.8 Å². The third-order valence-corrected chi connectivity index (χ3v) is 2.17. The van der Waals surface area contributed by atoms with E-state index in [1.165, 1.54) is 6.42 Å². The van der Waals surface area contributed by atoms with Crippen LogP contribution < -0.4 is 0 Å². The molecule has 12 heavy (non-hydrogen) atoms. The predicted molar refractivity (Wildman–Crippen MR) is 54.8 cm³/mol. The van der Waals surface area contributed by atoms with E-state index >= 15 is 0 Å². The number of halogens is 1. The van der Waals surface area contributed by atoms with E-state index in [1.807, 2.05) is 6.08 Å². The Kier molecular flexibility index (Phi) is 4.36. The average Bonchev–Trinajstić information content (AvgIpc) is 2.05. The van der Waals surface area contributed by atoms with Crippen molar-refractivity contribution in [3.8, 4) is 0 Å². The lowest BCUT2D eigenvalue weighted by atomic mass is 10.3. The van der Waals surface area contributed by atoms with Crippen molar-refractivity contribution in [2.75, 3.05) is 13.2 Å². The molecule has 0 N–H and O–H groups in total. The zero-order valence-corrected chi connectivity index (χ0v) is 8.93. The van der Waals surface area contributed by atoms with Gasteiger partial charge in [0.25, 0.3) is 0 Å². The largest absolute Gasteiger partial charge is 0.498 e. The smallest absolute Gasteiger partial charge is 0.103 e. The minimum Gasteiger partial charge on any atom is -0.498 e. The van der Waals surface area contributed by atoms with Crippen molar-refractivity contribution in [2.24, 2.45) is 4.99 Å².